The van der Waals surface area contributed by atoms with Crippen LogP contribution < -0.4 is 16.0 Å². The molecule has 29 heavy (non-hydrogen) atoms. The third-order valence-electron chi connectivity index (χ3n) is 3.71. The van der Waals surface area contributed by atoms with Gasteiger partial charge < -0.3 is 20.1 Å². The minimum Gasteiger partial charge on any atom is -0.444 e. The van der Waals surface area contributed by atoms with E-state index in [2.05, 4.69) is 27.9 Å². The second-order valence-electron chi connectivity index (χ2n) is 7.47. The molecule has 1 rings (SSSR count). The number of hydrogen-bond acceptors (Lipinski definition) is 4. The van der Waals surface area contributed by atoms with E-state index in [0.717, 1.165) is 44.9 Å². The number of hydrogen-bond donors (Lipinski definition) is 3. The number of amides is 1. The van der Waals surface area contributed by atoms with Crippen LogP contribution in [0.25, 0.3) is 0 Å². The Morgan fingerprint density at radius 3 is 2.31 bits per heavy atom. The number of ether oxygens (including phenoxy) is 2. The molecule has 8 heteroatoms. The fraction of sp³-hybridized carbons (Fsp3) is 0.619. The van der Waals surface area contributed by atoms with Gasteiger partial charge >= 0.3 is 6.09 Å². The summed E-state index contributed by atoms with van der Waals surface area (Å²) in [5.74, 6) is 0.766. The molecule has 0 radical (unpaired) electrons. The minimum atomic E-state index is -0.510. The third-order valence-corrected chi connectivity index (χ3v) is 3.71. The van der Waals surface area contributed by atoms with Gasteiger partial charge in [-0.2, -0.15) is 0 Å². The van der Waals surface area contributed by atoms with Gasteiger partial charge in [0, 0.05) is 32.4 Å². The lowest BCUT2D eigenvalue weighted by molar-refractivity contribution is 0.0636. The van der Waals surface area contributed by atoms with Crippen LogP contribution in [0.2, 0.25) is 0 Å². The second-order valence-corrected chi connectivity index (χ2v) is 7.47. The number of unbranched alkanes of at least 4 members (excludes halogenated alkanes) is 1. The van der Waals surface area contributed by atoms with Gasteiger partial charge in [0.1, 0.15) is 5.60 Å². The Morgan fingerprint density at radius 2 is 1.72 bits per heavy atom. The molecular formula is C21H37IN4O3. The molecule has 166 valence electrons. The molecular weight excluding hydrogens is 483 g/mol. The first-order valence-electron chi connectivity index (χ1n) is 9.95. The summed E-state index contributed by atoms with van der Waals surface area (Å²) in [6.45, 7) is 10.6. The van der Waals surface area contributed by atoms with Gasteiger partial charge in [0.05, 0.1) is 6.61 Å². The molecule has 3 N–H and O–H groups in total. The van der Waals surface area contributed by atoms with E-state index in [9.17, 15) is 4.79 Å². The molecule has 1 aromatic carbocycles. The van der Waals surface area contributed by atoms with Crippen LogP contribution in [-0.4, -0.2) is 51.0 Å². The first kappa shape index (κ1) is 27.5. The first-order valence-corrected chi connectivity index (χ1v) is 9.95. The van der Waals surface area contributed by atoms with Gasteiger partial charge in [-0.15, -0.1) is 24.0 Å². The summed E-state index contributed by atoms with van der Waals surface area (Å²) in [6, 6.07) is 7.73. The largest absolute Gasteiger partial charge is 0.444 e. The van der Waals surface area contributed by atoms with Crippen LogP contribution in [0, 0.1) is 0 Å². The fourth-order valence-corrected chi connectivity index (χ4v) is 2.31. The monoisotopic (exact) mass is 520 g/mol. The number of nitrogens with zero attached hydrogens (tertiary/aromatic N) is 1. The molecule has 0 aromatic heterocycles. The van der Waals surface area contributed by atoms with Gasteiger partial charge in [0.15, 0.2) is 5.96 Å². The van der Waals surface area contributed by atoms with Crippen LogP contribution in [0.3, 0.4) is 0 Å². The molecule has 0 atom stereocenters. The van der Waals surface area contributed by atoms with Crippen molar-refractivity contribution in [2.45, 2.75) is 52.6 Å². The number of nitrogens with one attached hydrogen (secondary N) is 3. The molecule has 0 fully saturated rings. The predicted molar refractivity (Wildman–Crippen MR) is 131 cm³/mol. The Balaban J connectivity index is 0.00000784. The highest BCUT2D eigenvalue weighted by atomic mass is 127. The van der Waals surface area contributed by atoms with Gasteiger partial charge in [-0.1, -0.05) is 25.5 Å². The Kier molecular flexibility index (Phi) is 14.5. The highest BCUT2D eigenvalue weighted by molar-refractivity contribution is 14.0. The van der Waals surface area contributed by atoms with Gasteiger partial charge in [-0.25, -0.2) is 4.79 Å². The zero-order valence-electron chi connectivity index (χ0n) is 18.3. The summed E-state index contributed by atoms with van der Waals surface area (Å²) in [4.78, 5) is 16.0. The number of carbonyl (C=O) groups is 1. The van der Waals surface area contributed by atoms with E-state index in [-0.39, 0.29) is 24.0 Å². The number of benzene rings is 1. The lowest BCUT2D eigenvalue weighted by Crippen LogP contribution is -2.39. The molecule has 0 aliphatic carbocycles. The molecule has 0 spiro atoms. The van der Waals surface area contributed by atoms with Gasteiger partial charge in [-0.05, 0) is 51.3 Å². The van der Waals surface area contributed by atoms with Crippen molar-refractivity contribution in [3.63, 3.8) is 0 Å². The Morgan fingerprint density at radius 1 is 1.07 bits per heavy atom. The zero-order chi connectivity index (χ0) is 20.8. The molecule has 0 aliphatic heterocycles. The standard InChI is InChI=1S/C21H36N4O3.HI/c1-6-7-15-27-16-14-24-19(22-5)23-13-12-17-8-10-18(11-9-17)25-20(26)28-21(2,3)4;/h8-11H,6-7,12-16H2,1-5H3,(H,25,26)(H2,22,23,24);1H. The van der Waals surface area contributed by atoms with Crippen LogP contribution in [-0.2, 0) is 15.9 Å². The quantitative estimate of drug-likeness (QED) is 0.187. The molecule has 1 amide bonds. The SMILES string of the molecule is CCCCOCCNC(=NC)NCCc1ccc(NC(=O)OC(C)(C)C)cc1.I. The predicted octanol–water partition coefficient (Wildman–Crippen LogP) is 4.18. The fourth-order valence-electron chi connectivity index (χ4n) is 2.31. The number of halogens is 1. The van der Waals surface area contributed by atoms with Crippen molar-refractivity contribution >= 4 is 41.7 Å². The van der Waals surface area contributed by atoms with Crippen LogP contribution in [0.15, 0.2) is 29.3 Å². The highest BCUT2D eigenvalue weighted by Crippen LogP contribution is 2.13. The third kappa shape index (κ3) is 14.1. The average Bonchev–Trinajstić information content (AvgIpc) is 2.63. The number of guanidine groups is 1. The number of aliphatic imine (C=N–C) groups is 1. The van der Waals surface area contributed by atoms with E-state index in [1.54, 1.807) is 7.05 Å². The van der Waals surface area contributed by atoms with E-state index in [1.165, 1.54) is 5.56 Å². The molecule has 0 bridgehead atoms. The number of anilines is 1. The number of rotatable bonds is 10. The molecule has 0 aliphatic rings. The van der Waals surface area contributed by atoms with Crippen molar-refractivity contribution in [1.82, 2.24) is 10.6 Å². The first-order chi connectivity index (χ1) is 13.3. The van der Waals surface area contributed by atoms with Gasteiger partial charge in [0.25, 0.3) is 0 Å². The second kappa shape index (κ2) is 15.3. The minimum absolute atomic E-state index is 0. The van der Waals surface area contributed by atoms with Crippen molar-refractivity contribution in [3.8, 4) is 0 Å². The maximum atomic E-state index is 11.8. The summed E-state index contributed by atoms with van der Waals surface area (Å²) >= 11 is 0. The smallest absolute Gasteiger partial charge is 0.412 e. The Labute approximate surface area is 192 Å². The van der Waals surface area contributed by atoms with Crippen molar-refractivity contribution in [2.75, 3.05) is 38.7 Å². The number of carbonyl (C=O) groups excluding carboxylic acids is 1. The topological polar surface area (TPSA) is 84.0 Å². The van der Waals surface area contributed by atoms with Crippen molar-refractivity contribution in [1.29, 1.82) is 0 Å². The van der Waals surface area contributed by atoms with Gasteiger partial charge in [-0.3, -0.25) is 10.3 Å². The van der Waals surface area contributed by atoms with E-state index in [1.807, 2.05) is 45.0 Å². The van der Waals surface area contributed by atoms with Crippen molar-refractivity contribution < 1.29 is 14.3 Å². The van der Waals surface area contributed by atoms with E-state index < -0.39 is 11.7 Å². The molecule has 0 saturated carbocycles. The highest BCUT2D eigenvalue weighted by Gasteiger charge is 2.16. The lowest BCUT2D eigenvalue weighted by Gasteiger charge is -2.19. The lowest BCUT2D eigenvalue weighted by atomic mass is 10.1. The summed E-state index contributed by atoms with van der Waals surface area (Å²) in [6.07, 6.45) is 2.64. The molecule has 1 aromatic rings. The Hall–Kier alpha value is -1.55. The summed E-state index contributed by atoms with van der Waals surface area (Å²) in [5, 5.41) is 9.25. The average molecular weight is 520 g/mol. The summed E-state index contributed by atoms with van der Waals surface area (Å²) in [5.41, 5.74) is 1.37. The van der Waals surface area contributed by atoms with E-state index in [0.29, 0.717) is 12.3 Å². The van der Waals surface area contributed by atoms with Crippen molar-refractivity contribution in [2.24, 2.45) is 4.99 Å². The molecule has 0 unspecified atom stereocenters. The van der Waals surface area contributed by atoms with Crippen molar-refractivity contribution in [3.05, 3.63) is 29.8 Å². The van der Waals surface area contributed by atoms with Crippen LogP contribution in [0.1, 0.15) is 46.1 Å². The maximum absolute atomic E-state index is 11.8. The van der Waals surface area contributed by atoms with Crippen LogP contribution in [0.5, 0.6) is 0 Å². The maximum Gasteiger partial charge on any atom is 0.412 e. The van der Waals surface area contributed by atoms with E-state index in [4.69, 9.17) is 9.47 Å². The molecule has 7 nitrogen and oxygen atoms in total. The van der Waals surface area contributed by atoms with Gasteiger partial charge in [0.2, 0.25) is 0 Å². The normalized spacial score (nSPS) is 11.4. The zero-order valence-corrected chi connectivity index (χ0v) is 20.7. The summed E-state index contributed by atoms with van der Waals surface area (Å²) in [7, 11) is 1.75. The van der Waals surface area contributed by atoms with Crippen LogP contribution >= 0.6 is 24.0 Å². The Bertz CT molecular complexity index is 601. The van der Waals surface area contributed by atoms with E-state index >= 15 is 0 Å². The summed E-state index contributed by atoms with van der Waals surface area (Å²) < 4.78 is 10.8. The molecule has 0 heterocycles. The molecule has 0 saturated heterocycles. The van der Waals surface area contributed by atoms with Crippen LogP contribution in [0.4, 0.5) is 10.5 Å².